The fourth-order valence-electron chi connectivity index (χ4n) is 5.24. The third kappa shape index (κ3) is 4.26. The molecule has 2 saturated carbocycles. The monoisotopic (exact) mass is 427 g/mol. The molecule has 1 aromatic rings. The highest BCUT2D eigenvalue weighted by Crippen LogP contribution is 2.42. The molecule has 160 valence electrons. The van der Waals surface area contributed by atoms with E-state index in [0.717, 1.165) is 37.8 Å². The number of nitrogens with zero attached hydrogens (tertiary/aromatic N) is 2. The van der Waals surface area contributed by atoms with Crippen LogP contribution in [0.25, 0.3) is 0 Å². The van der Waals surface area contributed by atoms with Crippen LogP contribution in [0, 0.1) is 29.4 Å². The zero-order chi connectivity index (χ0) is 19.8. The van der Waals surface area contributed by atoms with Crippen LogP contribution in [0.2, 0.25) is 0 Å². The van der Waals surface area contributed by atoms with E-state index < -0.39 is 23.1 Å². The Morgan fingerprint density at radius 2 is 1.45 bits per heavy atom. The first-order valence-corrected chi connectivity index (χ1v) is 10.2. The van der Waals surface area contributed by atoms with E-state index >= 15 is 0 Å². The SMILES string of the molecule is Cl.NC1C2CCCC1CC(C(=O)N1CCN(C(=O)c3c(F)cccc3F)CC1)C2. The Balaban J connectivity index is 0.00000240. The number of carbonyl (C=O) groups is 2. The smallest absolute Gasteiger partial charge is 0.259 e. The minimum atomic E-state index is -0.853. The average Bonchev–Trinajstić information content (AvgIpc) is 2.67. The fraction of sp³-hybridized carbons (Fsp3) is 0.619. The van der Waals surface area contributed by atoms with E-state index in [1.807, 2.05) is 0 Å². The first kappa shape index (κ1) is 22.0. The number of amides is 2. The largest absolute Gasteiger partial charge is 0.339 e. The Morgan fingerprint density at radius 1 is 0.931 bits per heavy atom. The molecule has 2 unspecified atom stereocenters. The molecule has 0 aromatic heterocycles. The van der Waals surface area contributed by atoms with Gasteiger partial charge in [-0.3, -0.25) is 9.59 Å². The molecule has 1 heterocycles. The summed E-state index contributed by atoms with van der Waals surface area (Å²) >= 11 is 0. The highest BCUT2D eigenvalue weighted by atomic mass is 35.5. The van der Waals surface area contributed by atoms with Gasteiger partial charge in [-0.05, 0) is 49.7 Å². The Hall–Kier alpha value is -1.73. The van der Waals surface area contributed by atoms with Gasteiger partial charge in [0.1, 0.15) is 17.2 Å². The number of fused-ring (bicyclic) bond motifs is 2. The van der Waals surface area contributed by atoms with E-state index in [1.165, 1.54) is 17.4 Å². The molecule has 2 aliphatic carbocycles. The van der Waals surface area contributed by atoms with Gasteiger partial charge in [-0.1, -0.05) is 12.5 Å². The van der Waals surface area contributed by atoms with Crippen LogP contribution in [0.5, 0.6) is 0 Å². The molecule has 29 heavy (non-hydrogen) atoms. The lowest BCUT2D eigenvalue weighted by Crippen LogP contribution is -2.54. The minimum Gasteiger partial charge on any atom is -0.339 e. The molecule has 1 aliphatic heterocycles. The van der Waals surface area contributed by atoms with Crippen molar-refractivity contribution in [3.05, 3.63) is 35.4 Å². The summed E-state index contributed by atoms with van der Waals surface area (Å²) in [6, 6.07) is 3.63. The molecular formula is C21H28ClF2N3O2. The van der Waals surface area contributed by atoms with Crippen LogP contribution in [-0.2, 0) is 4.79 Å². The molecule has 0 spiro atoms. The maximum Gasteiger partial charge on any atom is 0.259 e. The van der Waals surface area contributed by atoms with Crippen molar-refractivity contribution in [2.45, 2.75) is 38.1 Å². The predicted octanol–water partition coefficient (Wildman–Crippen LogP) is 2.82. The van der Waals surface area contributed by atoms with Crippen molar-refractivity contribution in [2.24, 2.45) is 23.5 Å². The van der Waals surface area contributed by atoms with Crippen LogP contribution in [-0.4, -0.2) is 53.8 Å². The molecule has 2 bridgehead atoms. The van der Waals surface area contributed by atoms with Crippen LogP contribution in [0.15, 0.2) is 18.2 Å². The molecule has 4 rings (SSSR count). The number of hydrogen-bond acceptors (Lipinski definition) is 3. The quantitative estimate of drug-likeness (QED) is 0.789. The number of rotatable bonds is 2. The summed E-state index contributed by atoms with van der Waals surface area (Å²) in [7, 11) is 0. The lowest BCUT2D eigenvalue weighted by Gasteiger charge is -2.45. The molecule has 1 saturated heterocycles. The van der Waals surface area contributed by atoms with E-state index in [2.05, 4.69) is 0 Å². The zero-order valence-electron chi connectivity index (χ0n) is 16.4. The van der Waals surface area contributed by atoms with Crippen molar-refractivity contribution in [1.29, 1.82) is 0 Å². The lowest BCUT2D eigenvalue weighted by molar-refractivity contribution is -0.140. The molecule has 8 heteroatoms. The molecule has 5 nitrogen and oxygen atoms in total. The Kier molecular flexibility index (Phi) is 6.79. The summed E-state index contributed by atoms with van der Waals surface area (Å²) < 4.78 is 27.8. The van der Waals surface area contributed by atoms with Crippen molar-refractivity contribution < 1.29 is 18.4 Å². The third-order valence-corrected chi connectivity index (χ3v) is 6.82. The minimum absolute atomic E-state index is 0. The number of piperazine rings is 1. The second-order valence-corrected chi connectivity index (χ2v) is 8.41. The fourth-order valence-corrected chi connectivity index (χ4v) is 5.24. The summed E-state index contributed by atoms with van der Waals surface area (Å²) in [4.78, 5) is 28.8. The van der Waals surface area contributed by atoms with E-state index in [4.69, 9.17) is 5.73 Å². The molecule has 3 aliphatic rings. The number of benzene rings is 1. The third-order valence-electron chi connectivity index (χ3n) is 6.82. The van der Waals surface area contributed by atoms with E-state index in [9.17, 15) is 18.4 Å². The van der Waals surface area contributed by atoms with Gasteiger partial charge in [0.2, 0.25) is 5.91 Å². The summed E-state index contributed by atoms with van der Waals surface area (Å²) in [5, 5.41) is 0. The van der Waals surface area contributed by atoms with Crippen LogP contribution in [0.4, 0.5) is 8.78 Å². The van der Waals surface area contributed by atoms with Gasteiger partial charge in [-0.25, -0.2) is 8.78 Å². The number of halogens is 3. The molecule has 2 N–H and O–H groups in total. The molecule has 1 aromatic carbocycles. The van der Waals surface area contributed by atoms with Gasteiger partial charge in [0, 0.05) is 38.1 Å². The van der Waals surface area contributed by atoms with Crippen molar-refractivity contribution in [1.82, 2.24) is 9.80 Å². The van der Waals surface area contributed by atoms with Gasteiger partial charge >= 0.3 is 0 Å². The average molecular weight is 428 g/mol. The van der Waals surface area contributed by atoms with Gasteiger partial charge in [0.25, 0.3) is 5.91 Å². The summed E-state index contributed by atoms with van der Waals surface area (Å²) in [6.07, 6.45) is 5.14. The van der Waals surface area contributed by atoms with E-state index in [1.54, 1.807) is 4.90 Å². The molecule has 2 atom stereocenters. The van der Waals surface area contributed by atoms with Crippen LogP contribution in [0.1, 0.15) is 42.5 Å². The molecule has 2 amide bonds. The summed E-state index contributed by atoms with van der Waals surface area (Å²) in [5.74, 6) is -1.32. The summed E-state index contributed by atoms with van der Waals surface area (Å²) in [6.45, 7) is 1.38. The molecule has 3 fully saturated rings. The normalized spacial score (nSPS) is 29.2. The van der Waals surface area contributed by atoms with Crippen LogP contribution in [0.3, 0.4) is 0 Å². The van der Waals surface area contributed by atoms with Crippen molar-refractivity contribution >= 4 is 24.2 Å². The zero-order valence-corrected chi connectivity index (χ0v) is 17.2. The lowest BCUT2D eigenvalue weighted by atomic mass is 9.65. The summed E-state index contributed by atoms with van der Waals surface area (Å²) in [5.41, 5.74) is 5.81. The molecule has 0 radical (unpaired) electrons. The second kappa shape index (κ2) is 8.96. The number of hydrogen-bond donors (Lipinski definition) is 1. The second-order valence-electron chi connectivity index (χ2n) is 8.41. The highest BCUT2D eigenvalue weighted by Gasteiger charge is 2.42. The topological polar surface area (TPSA) is 66.6 Å². The van der Waals surface area contributed by atoms with Gasteiger partial charge in [-0.2, -0.15) is 0 Å². The number of nitrogens with two attached hydrogens (primary N) is 1. The maximum atomic E-state index is 13.9. The predicted molar refractivity (Wildman–Crippen MR) is 108 cm³/mol. The van der Waals surface area contributed by atoms with Crippen LogP contribution >= 0.6 is 12.4 Å². The van der Waals surface area contributed by atoms with E-state index in [0.29, 0.717) is 24.9 Å². The Morgan fingerprint density at radius 3 is 2.00 bits per heavy atom. The Bertz CT molecular complexity index is 736. The highest BCUT2D eigenvalue weighted by molar-refractivity contribution is 5.95. The first-order valence-electron chi connectivity index (χ1n) is 10.2. The van der Waals surface area contributed by atoms with Gasteiger partial charge in [0.05, 0.1) is 0 Å². The van der Waals surface area contributed by atoms with Crippen LogP contribution < -0.4 is 5.73 Å². The Labute approximate surface area is 176 Å². The van der Waals surface area contributed by atoms with E-state index in [-0.39, 0.29) is 43.4 Å². The van der Waals surface area contributed by atoms with Crippen molar-refractivity contribution in [2.75, 3.05) is 26.2 Å². The maximum absolute atomic E-state index is 13.9. The van der Waals surface area contributed by atoms with Crippen molar-refractivity contribution in [3.8, 4) is 0 Å². The number of carbonyl (C=O) groups excluding carboxylic acids is 2. The van der Waals surface area contributed by atoms with Gasteiger partial charge < -0.3 is 15.5 Å². The van der Waals surface area contributed by atoms with Gasteiger partial charge in [0.15, 0.2) is 0 Å². The molecular weight excluding hydrogens is 400 g/mol. The standard InChI is InChI=1S/C21H27F2N3O2.ClH/c22-16-5-2-6-17(23)18(16)21(28)26-9-7-25(8-10-26)20(27)15-11-13-3-1-4-14(12-15)19(13)24;/h2,5-6,13-15,19H,1,3-4,7-12,24H2;1H. The first-order chi connectivity index (χ1) is 13.5. The van der Waals surface area contributed by atoms with Gasteiger partial charge in [-0.15, -0.1) is 12.4 Å². The van der Waals surface area contributed by atoms with Crippen molar-refractivity contribution in [3.63, 3.8) is 0 Å².